The van der Waals surface area contributed by atoms with Crippen LogP contribution in [0.2, 0.25) is 0 Å². The lowest BCUT2D eigenvalue weighted by Gasteiger charge is -2.34. The molecule has 0 saturated heterocycles. The summed E-state index contributed by atoms with van der Waals surface area (Å²) in [5.74, 6) is -4.40. The second-order valence-electron chi connectivity index (χ2n) is 5.35. The highest BCUT2D eigenvalue weighted by Crippen LogP contribution is 2.37. The molecule has 1 N–H and O–H groups in total. The third-order valence-electron chi connectivity index (χ3n) is 3.60. The van der Waals surface area contributed by atoms with E-state index in [2.05, 4.69) is 0 Å². The van der Waals surface area contributed by atoms with Crippen LogP contribution in [0.25, 0.3) is 0 Å². The van der Waals surface area contributed by atoms with Gasteiger partial charge in [-0.05, 0) is 18.6 Å². The van der Waals surface area contributed by atoms with Crippen molar-refractivity contribution in [2.24, 2.45) is 0 Å². The smallest absolute Gasteiger partial charge is 0.379 e. The van der Waals surface area contributed by atoms with Crippen molar-refractivity contribution in [1.82, 2.24) is 0 Å². The highest BCUT2D eigenvalue weighted by atomic mass is 16.7. The van der Waals surface area contributed by atoms with E-state index in [1.165, 1.54) is 37.3 Å². The number of non-ortho nitro benzene ring substituents is 1. The highest BCUT2D eigenvalue weighted by Gasteiger charge is 2.46. The summed E-state index contributed by atoms with van der Waals surface area (Å²) in [5.41, 5.74) is 0.521. The third kappa shape index (κ3) is 3.60. The van der Waals surface area contributed by atoms with Crippen molar-refractivity contribution in [3.63, 3.8) is 0 Å². The molecular formula is C16H17NO7. The van der Waals surface area contributed by atoms with E-state index >= 15 is 0 Å². The Bertz CT molecular complexity index is 695. The highest BCUT2D eigenvalue weighted by molar-refractivity contribution is 5.92. The number of nitrogens with zero attached hydrogens (tertiary/aromatic N) is 1. The molecule has 8 nitrogen and oxygen atoms in total. The second-order valence-corrected chi connectivity index (χ2v) is 5.35. The maximum Gasteiger partial charge on any atom is 0.379 e. The zero-order valence-electron chi connectivity index (χ0n) is 13.2. The maximum atomic E-state index is 12.0. The van der Waals surface area contributed by atoms with Gasteiger partial charge in [0.05, 0.1) is 11.5 Å². The van der Waals surface area contributed by atoms with Gasteiger partial charge in [0.2, 0.25) is 0 Å². The lowest BCUT2D eigenvalue weighted by molar-refractivity contribution is -0.384. The molecule has 0 aliphatic carbocycles. The zero-order valence-corrected chi connectivity index (χ0v) is 13.2. The average molecular weight is 335 g/mol. The normalized spacial score (nSPS) is 23.0. The van der Waals surface area contributed by atoms with E-state index in [-0.39, 0.29) is 24.5 Å². The number of carbonyl (C=O) groups excluding carboxylic acids is 2. The van der Waals surface area contributed by atoms with Crippen LogP contribution < -0.4 is 0 Å². The minimum atomic E-state index is -2.28. The van der Waals surface area contributed by atoms with Crippen molar-refractivity contribution in [2.75, 3.05) is 6.61 Å². The van der Waals surface area contributed by atoms with Gasteiger partial charge < -0.3 is 14.6 Å². The molecule has 1 heterocycles. The standard InChI is InChI=1S/C16H17NO7/c1-3-23-15(19)16(20)9-12(8-14(24-16)10(2)18)11-4-6-13(7-5-11)17(21)22/h4-8,12,20H,3,9H2,1-2H3/t12-,16+/m1/s1. The van der Waals surface area contributed by atoms with E-state index < -0.39 is 28.4 Å². The molecule has 0 aromatic heterocycles. The molecular weight excluding hydrogens is 318 g/mol. The number of benzene rings is 1. The summed E-state index contributed by atoms with van der Waals surface area (Å²) in [7, 11) is 0. The second kappa shape index (κ2) is 6.79. The van der Waals surface area contributed by atoms with Crippen molar-refractivity contribution in [3.05, 3.63) is 51.8 Å². The van der Waals surface area contributed by atoms with Crippen LogP contribution in [0.15, 0.2) is 36.1 Å². The molecule has 2 rings (SSSR count). The first-order valence-electron chi connectivity index (χ1n) is 7.32. The van der Waals surface area contributed by atoms with Gasteiger partial charge in [-0.1, -0.05) is 12.1 Å². The van der Waals surface area contributed by atoms with Gasteiger partial charge in [0.1, 0.15) is 0 Å². The number of carbonyl (C=O) groups is 2. The Labute approximate surface area is 137 Å². The summed E-state index contributed by atoms with van der Waals surface area (Å²) in [6.07, 6.45) is 1.32. The van der Waals surface area contributed by atoms with Crippen molar-refractivity contribution < 1.29 is 29.1 Å². The van der Waals surface area contributed by atoms with Crippen LogP contribution in [0.1, 0.15) is 31.7 Å². The number of aliphatic hydroxyl groups is 1. The number of hydrogen-bond acceptors (Lipinski definition) is 7. The first-order valence-corrected chi connectivity index (χ1v) is 7.32. The van der Waals surface area contributed by atoms with E-state index in [1.54, 1.807) is 6.92 Å². The number of nitro benzene ring substituents is 1. The topological polar surface area (TPSA) is 116 Å². The molecule has 0 spiro atoms. The number of esters is 1. The van der Waals surface area contributed by atoms with Gasteiger partial charge in [0.15, 0.2) is 11.5 Å². The first-order chi connectivity index (χ1) is 11.3. The molecule has 1 aromatic rings. The molecule has 0 fully saturated rings. The Balaban J connectivity index is 2.37. The first kappa shape index (κ1) is 17.6. The van der Waals surface area contributed by atoms with E-state index in [9.17, 15) is 24.8 Å². The van der Waals surface area contributed by atoms with E-state index in [4.69, 9.17) is 9.47 Å². The summed E-state index contributed by atoms with van der Waals surface area (Å²) in [4.78, 5) is 33.8. The fourth-order valence-electron chi connectivity index (χ4n) is 2.41. The van der Waals surface area contributed by atoms with Gasteiger partial charge in [-0.15, -0.1) is 0 Å². The molecule has 0 saturated carbocycles. The lowest BCUT2D eigenvalue weighted by Crippen LogP contribution is -2.46. The summed E-state index contributed by atoms with van der Waals surface area (Å²) in [6.45, 7) is 2.88. The molecule has 1 aromatic carbocycles. The monoisotopic (exact) mass is 335 g/mol. The Morgan fingerprint density at radius 2 is 2.04 bits per heavy atom. The van der Waals surface area contributed by atoms with Gasteiger partial charge in [-0.2, -0.15) is 0 Å². The van der Waals surface area contributed by atoms with Crippen LogP contribution in [0, 0.1) is 10.1 Å². The Morgan fingerprint density at radius 3 is 2.54 bits per heavy atom. The van der Waals surface area contributed by atoms with Crippen LogP contribution in [0.4, 0.5) is 5.69 Å². The zero-order chi connectivity index (χ0) is 17.9. The van der Waals surface area contributed by atoms with Gasteiger partial charge in [-0.25, -0.2) is 4.79 Å². The van der Waals surface area contributed by atoms with Gasteiger partial charge in [0.25, 0.3) is 5.69 Å². The number of nitro groups is 1. The molecule has 24 heavy (non-hydrogen) atoms. The van der Waals surface area contributed by atoms with Crippen molar-refractivity contribution in [3.8, 4) is 0 Å². The molecule has 1 aliphatic heterocycles. The number of ketones is 1. The largest absolute Gasteiger partial charge is 0.461 e. The predicted octanol–water partition coefficient (Wildman–Crippen LogP) is 1.82. The number of hydrogen-bond donors (Lipinski definition) is 1. The minimum absolute atomic E-state index is 0.0474. The van der Waals surface area contributed by atoms with Gasteiger partial charge in [-0.3, -0.25) is 14.9 Å². The third-order valence-corrected chi connectivity index (χ3v) is 3.60. The number of allylic oxidation sites excluding steroid dienone is 2. The molecule has 0 unspecified atom stereocenters. The molecule has 2 atom stereocenters. The summed E-state index contributed by atoms with van der Waals surface area (Å²) < 4.78 is 9.95. The molecule has 0 bridgehead atoms. The molecule has 0 radical (unpaired) electrons. The van der Waals surface area contributed by atoms with Crippen molar-refractivity contribution >= 4 is 17.4 Å². The fraction of sp³-hybridized carbons (Fsp3) is 0.375. The van der Waals surface area contributed by atoms with Crippen LogP contribution in [-0.4, -0.2) is 34.2 Å². The minimum Gasteiger partial charge on any atom is -0.461 e. The number of ether oxygens (including phenoxy) is 2. The van der Waals surface area contributed by atoms with E-state index in [0.717, 1.165) is 0 Å². The van der Waals surface area contributed by atoms with E-state index in [0.29, 0.717) is 5.56 Å². The van der Waals surface area contributed by atoms with Crippen LogP contribution in [0.3, 0.4) is 0 Å². The van der Waals surface area contributed by atoms with Crippen LogP contribution in [-0.2, 0) is 19.1 Å². The predicted molar refractivity (Wildman–Crippen MR) is 81.9 cm³/mol. The summed E-state index contributed by atoms with van der Waals surface area (Å²) in [6, 6.07) is 5.65. The van der Waals surface area contributed by atoms with Crippen LogP contribution >= 0.6 is 0 Å². The number of rotatable bonds is 5. The molecule has 8 heteroatoms. The van der Waals surface area contributed by atoms with Gasteiger partial charge in [0, 0.05) is 31.4 Å². The molecule has 0 amide bonds. The summed E-state index contributed by atoms with van der Waals surface area (Å²) in [5, 5.41) is 21.2. The van der Waals surface area contributed by atoms with Gasteiger partial charge >= 0.3 is 11.8 Å². The Morgan fingerprint density at radius 1 is 1.42 bits per heavy atom. The quantitative estimate of drug-likeness (QED) is 0.495. The van der Waals surface area contributed by atoms with Crippen LogP contribution in [0.5, 0.6) is 0 Å². The SMILES string of the molecule is CCOC(=O)[C@]1(O)C[C@H](c2ccc([N+](=O)[O-])cc2)C=C(C(C)=O)O1. The van der Waals surface area contributed by atoms with E-state index in [1.807, 2.05) is 0 Å². The fourth-order valence-corrected chi connectivity index (χ4v) is 2.41. The summed E-state index contributed by atoms with van der Waals surface area (Å²) >= 11 is 0. The number of Topliss-reactive ketones (excluding diaryl/α,β-unsaturated/α-hetero) is 1. The molecule has 128 valence electrons. The van der Waals surface area contributed by atoms with Crippen molar-refractivity contribution in [1.29, 1.82) is 0 Å². The Hall–Kier alpha value is -2.74. The molecule has 1 aliphatic rings. The average Bonchev–Trinajstić information content (AvgIpc) is 2.54. The van der Waals surface area contributed by atoms with Crippen molar-refractivity contribution in [2.45, 2.75) is 32.0 Å². The Kier molecular flexibility index (Phi) is 4.99. The lowest BCUT2D eigenvalue weighted by atomic mass is 9.88. The maximum absolute atomic E-state index is 12.0.